The Morgan fingerprint density at radius 2 is 1.03 bits per heavy atom. The molecule has 0 aliphatic heterocycles. The number of hydrogen-bond donors (Lipinski definition) is 7. The Labute approximate surface area is 457 Å². The van der Waals surface area contributed by atoms with Crippen LogP contribution in [0.2, 0.25) is 0 Å². The van der Waals surface area contributed by atoms with Gasteiger partial charge in [0.1, 0.15) is 36.3 Å². The highest BCUT2D eigenvalue weighted by Crippen LogP contribution is 2.19. The summed E-state index contributed by atoms with van der Waals surface area (Å²) in [5.74, 6) is -6.14. The third kappa shape index (κ3) is 42.4. The number of aliphatic carboxylic acids is 3. The van der Waals surface area contributed by atoms with Crippen LogP contribution in [0.15, 0.2) is 24.3 Å². The zero-order valence-corrected chi connectivity index (χ0v) is 46.3. The number of amides is 2. The summed E-state index contributed by atoms with van der Waals surface area (Å²) in [6.07, 6.45) is 9.38. The number of carbonyl (C=O) groups excluding carboxylic acids is 6. The molecule has 0 aromatic heterocycles. The van der Waals surface area contributed by atoms with E-state index in [4.69, 9.17) is 39.6 Å². The second kappa shape index (κ2) is 46.7. The van der Waals surface area contributed by atoms with E-state index in [0.29, 0.717) is 69.5 Å². The highest BCUT2D eigenvalue weighted by molar-refractivity contribution is 7.99. The molecule has 0 spiro atoms. The molecule has 438 valence electrons. The van der Waals surface area contributed by atoms with Crippen molar-refractivity contribution in [1.82, 2.24) is 10.6 Å². The first-order chi connectivity index (χ1) is 36.8. The molecule has 0 aliphatic rings. The minimum Gasteiger partial charge on any atom is -0.494 e. The molecular weight excluding hydrogens is 1030 g/mol. The van der Waals surface area contributed by atoms with Crippen molar-refractivity contribution in [2.24, 2.45) is 23.5 Å². The lowest BCUT2D eigenvalue weighted by atomic mass is 9.94. The number of carbonyl (C=O) groups is 10. The van der Waals surface area contributed by atoms with E-state index < -0.39 is 41.6 Å². The normalized spacial score (nSPS) is 12.5. The average Bonchev–Trinajstić information content (AvgIpc) is 3.38. The number of hydrogen-bond acceptors (Lipinski definition) is 17. The number of carboxylic acids is 4. The number of unbranched alkanes of at least 4 members (excludes halogenated alkanes) is 8. The summed E-state index contributed by atoms with van der Waals surface area (Å²) < 4.78 is 27.0. The lowest BCUT2D eigenvalue weighted by Crippen LogP contribution is -2.31. The third-order valence-electron chi connectivity index (χ3n) is 11.8. The second-order valence-electron chi connectivity index (χ2n) is 18.5. The van der Waals surface area contributed by atoms with Gasteiger partial charge in [0.2, 0.25) is 11.8 Å². The highest BCUT2D eigenvalue weighted by atomic mass is 32.2. The Morgan fingerprint density at radius 3 is 1.57 bits per heavy atom. The lowest BCUT2D eigenvalue weighted by Gasteiger charge is -2.12. The highest BCUT2D eigenvalue weighted by Gasteiger charge is 2.23. The van der Waals surface area contributed by atoms with Crippen molar-refractivity contribution in [1.29, 1.82) is 0 Å². The fourth-order valence-electron chi connectivity index (χ4n) is 6.93. The maximum absolute atomic E-state index is 12.5. The SMILES string of the molecule is CC(=O)[C@H](C)N.CC[C@@H](CSCC(=O)CCCCC[C@H](CC(=O)COCCOCCNC(=O)COCCOCCNC(=O)CC[C@@H](CC(=O)CCCCCCCCCOc1ccc(C(=O)O)cc1)C(=O)O)C(=O)O)C(=O)O. The van der Waals surface area contributed by atoms with Crippen molar-refractivity contribution in [2.75, 3.05) is 84.1 Å². The number of nitrogens with two attached hydrogens (primary N) is 1. The number of thioether (sulfide) groups is 1. The fraction of sp³-hybridized carbons (Fsp3) is 0.704. The molecule has 2 amide bonds. The molecule has 0 saturated heterocycles. The van der Waals surface area contributed by atoms with Crippen molar-refractivity contribution in [3.05, 3.63) is 29.8 Å². The molecule has 0 heterocycles. The van der Waals surface area contributed by atoms with Gasteiger partial charge in [-0.15, -0.1) is 0 Å². The molecule has 0 aliphatic carbocycles. The van der Waals surface area contributed by atoms with Crippen LogP contribution in [0.1, 0.15) is 147 Å². The molecule has 0 unspecified atom stereocenters. The summed E-state index contributed by atoms with van der Waals surface area (Å²) in [5, 5.41) is 42.5. The first-order valence-corrected chi connectivity index (χ1v) is 27.8. The van der Waals surface area contributed by atoms with Gasteiger partial charge < -0.3 is 60.5 Å². The van der Waals surface area contributed by atoms with Crippen molar-refractivity contribution in [3.8, 4) is 5.75 Å². The summed E-state index contributed by atoms with van der Waals surface area (Å²) in [4.78, 5) is 117. The number of ether oxygens (including phenoxy) is 5. The van der Waals surface area contributed by atoms with E-state index in [1.54, 1.807) is 26.0 Å². The fourth-order valence-corrected chi connectivity index (χ4v) is 8.08. The monoisotopic (exact) mass is 1110 g/mol. The molecule has 4 atom stereocenters. The van der Waals surface area contributed by atoms with E-state index in [2.05, 4.69) is 10.6 Å². The molecule has 0 fully saturated rings. The number of nitrogens with one attached hydrogen (secondary N) is 2. The Hall–Kier alpha value is -5.33. The van der Waals surface area contributed by atoms with Crippen molar-refractivity contribution in [2.45, 2.75) is 142 Å². The summed E-state index contributed by atoms with van der Waals surface area (Å²) in [6.45, 7) is 6.33. The topological polar surface area (TPSA) is 348 Å². The summed E-state index contributed by atoms with van der Waals surface area (Å²) in [7, 11) is 0. The van der Waals surface area contributed by atoms with Gasteiger partial charge in [0.05, 0.1) is 81.4 Å². The number of ketones is 4. The molecule has 1 rings (SSSR count). The van der Waals surface area contributed by atoms with Crippen molar-refractivity contribution >= 4 is 70.6 Å². The Bertz CT molecular complexity index is 1880. The predicted octanol–water partition coefficient (Wildman–Crippen LogP) is 5.57. The molecule has 22 nitrogen and oxygen atoms in total. The van der Waals surface area contributed by atoms with Gasteiger partial charge in [-0.25, -0.2) is 4.79 Å². The zero-order chi connectivity index (χ0) is 57.6. The van der Waals surface area contributed by atoms with E-state index >= 15 is 0 Å². The van der Waals surface area contributed by atoms with Crippen LogP contribution in [0.3, 0.4) is 0 Å². The van der Waals surface area contributed by atoms with E-state index in [1.807, 2.05) is 0 Å². The van der Waals surface area contributed by atoms with Gasteiger partial charge in [0, 0.05) is 50.9 Å². The molecule has 0 saturated carbocycles. The molecule has 0 bridgehead atoms. The van der Waals surface area contributed by atoms with Crippen LogP contribution in [0, 0.1) is 17.8 Å². The Balaban J connectivity index is 0.00000905. The minimum atomic E-state index is -1.11. The number of Topliss-reactive ketones (excluding diaryl/α,β-unsaturated/α-hetero) is 4. The van der Waals surface area contributed by atoms with Gasteiger partial charge in [-0.05, 0) is 76.6 Å². The second-order valence-corrected chi connectivity index (χ2v) is 19.6. The van der Waals surface area contributed by atoms with Crippen LogP contribution in [0.5, 0.6) is 5.75 Å². The number of aromatic carboxylic acids is 1. The molecule has 77 heavy (non-hydrogen) atoms. The van der Waals surface area contributed by atoms with Gasteiger partial charge in [-0.2, -0.15) is 11.8 Å². The van der Waals surface area contributed by atoms with Gasteiger partial charge in [0.25, 0.3) is 0 Å². The molecular formula is C54H87N3O19S. The molecule has 8 N–H and O–H groups in total. The molecule has 1 aromatic rings. The van der Waals surface area contributed by atoms with E-state index in [-0.39, 0.29) is 144 Å². The van der Waals surface area contributed by atoms with Crippen LogP contribution >= 0.6 is 11.8 Å². The van der Waals surface area contributed by atoms with Crippen LogP contribution in [0.25, 0.3) is 0 Å². The summed E-state index contributed by atoms with van der Waals surface area (Å²) in [5.41, 5.74) is 5.30. The quantitative estimate of drug-likeness (QED) is 0.0392. The van der Waals surface area contributed by atoms with E-state index in [9.17, 15) is 58.2 Å². The van der Waals surface area contributed by atoms with Crippen LogP contribution < -0.4 is 21.1 Å². The largest absolute Gasteiger partial charge is 0.494 e. The first kappa shape index (κ1) is 71.7. The maximum atomic E-state index is 12.5. The number of rotatable bonds is 50. The number of benzene rings is 1. The van der Waals surface area contributed by atoms with Crippen molar-refractivity contribution < 1.29 is 92.1 Å². The summed E-state index contributed by atoms with van der Waals surface area (Å²) in [6, 6.07) is 6.00. The van der Waals surface area contributed by atoms with E-state index in [1.165, 1.54) is 30.8 Å². The van der Waals surface area contributed by atoms with Crippen LogP contribution in [-0.4, -0.2) is 169 Å². The van der Waals surface area contributed by atoms with E-state index in [0.717, 1.165) is 38.5 Å². The molecule has 23 heteroatoms. The van der Waals surface area contributed by atoms with Crippen LogP contribution in [-0.2, 0) is 62.1 Å². The van der Waals surface area contributed by atoms with Crippen molar-refractivity contribution in [3.63, 3.8) is 0 Å². The Morgan fingerprint density at radius 1 is 0.545 bits per heavy atom. The standard InChI is InChI=1S/C50H78N2O18S.C4H9NO/c1-2-37(47(58)59)35-71-36-42(54)15-11-8-9-13-39(49(62)63)32-43(55)33-68-29-27-67-26-23-52-46(57)34-69-30-28-66-25-22-51-45(56)21-18-40(50(64)65)31-41(53)14-10-6-4-3-5-7-12-24-70-44-19-16-38(17-20-44)48(60)61;1-3(5)4(2)6/h16-17,19-20,37,39-40H,2-15,18,21-36H2,1H3,(H,51,56)(H,52,57)(H,58,59)(H,60,61)(H,62,63)(H,64,65);3H,5H2,1-2H3/t37-,39+,40-;3-/m00/s1. The average molecular weight is 1110 g/mol. The zero-order valence-electron chi connectivity index (χ0n) is 45.4. The smallest absolute Gasteiger partial charge is 0.335 e. The van der Waals surface area contributed by atoms with Gasteiger partial charge >= 0.3 is 23.9 Å². The van der Waals surface area contributed by atoms with Gasteiger partial charge in [-0.1, -0.05) is 51.9 Å². The lowest BCUT2D eigenvalue weighted by molar-refractivity contribution is -0.145. The third-order valence-corrected chi connectivity index (χ3v) is 13.0. The molecule has 1 aromatic carbocycles. The number of carboxylic acid groups (broad SMARTS) is 4. The molecule has 0 radical (unpaired) electrons. The minimum absolute atomic E-state index is 0.0299. The predicted molar refractivity (Wildman–Crippen MR) is 287 cm³/mol. The van der Waals surface area contributed by atoms with Gasteiger partial charge in [-0.3, -0.25) is 43.2 Å². The van der Waals surface area contributed by atoms with Crippen LogP contribution in [0.4, 0.5) is 0 Å². The maximum Gasteiger partial charge on any atom is 0.335 e. The Kier molecular flexibility index (Phi) is 43.5. The first-order valence-electron chi connectivity index (χ1n) is 26.6. The summed E-state index contributed by atoms with van der Waals surface area (Å²) >= 11 is 1.31. The van der Waals surface area contributed by atoms with Gasteiger partial charge in [0.15, 0.2) is 5.78 Å².